The van der Waals surface area contributed by atoms with Gasteiger partial charge in [0.25, 0.3) is 0 Å². The van der Waals surface area contributed by atoms with Gasteiger partial charge in [-0.05, 0) is 57.6 Å². The Kier molecular flexibility index (Phi) is 8.38. The van der Waals surface area contributed by atoms with Crippen molar-refractivity contribution >= 4 is 24.0 Å². The molecule has 0 radical (unpaired) electrons. The zero-order chi connectivity index (χ0) is 15.1. The van der Waals surface area contributed by atoms with Gasteiger partial charge in [0.15, 0.2) is 0 Å². The zero-order valence-corrected chi connectivity index (χ0v) is 13.8. The van der Waals surface area contributed by atoms with E-state index in [0.717, 1.165) is 32.1 Å². The van der Waals surface area contributed by atoms with Crippen LogP contribution in [0.4, 0.5) is 10.1 Å². The van der Waals surface area contributed by atoms with Crippen molar-refractivity contribution in [2.24, 2.45) is 5.92 Å². The number of likely N-dealkylation sites (tertiary alicyclic amines) is 1. The van der Waals surface area contributed by atoms with Crippen molar-refractivity contribution < 1.29 is 9.18 Å². The molecule has 0 saturated carbocycles. The lowest BCUT2D eigenvalue weighted by molar-refractivity contribution is -0.116. The highest BCUT2D eigenvalue weighted by Crippen LogP contribution is 2.17. The van der Waals surface area contributed by atoms with Crippen molar-refractivity contribution in [3.63, 3.8) is 0 Å². The number of benzene rings is 1. The third-order valence-electron chi connectivity index (χ3n) is 4.00. The summed E-state index contributed by atoms with van der Waals surface area (Å²) in [7, 11) is 1.99. The molecular formula is C16H25ClFN3O. The first kappa shape index (κ1) is 18.9. The lowest BCUT2D eigenvalue weighted by Gasteiger charge is -2.31. The van der Waals surface area contributed by atoms with Gasteiger partial charge in [-0.3, -0.25) is 4.79 Å². The predicted molar refractivity (Wildman–Crippen MR) is 90.0 cm³/mol. The van der Waals surface area contributed by atoms with E-state index in [9.17, 15) is 9.18 Å². The van der Waals surface area contributed by atoms with Crippen molar-refractivity contribution in [2.45, 2.75) is 19.3 Å². The lowest BCUT2D eigenvalue weighted by atomic mass is 9.97. The number of hydrogen-bond acceptors (Lipinski definition) is 3. The molecule has 1 aromatic rings. The van der Waals surface area contributed by atoms with Gasteiger partial charge in [-0.25, -0.2) is 4.39 Å². The number of hydrogen-bond donors (Lipinski definition) is 2. The Hall–Kier alpha value is -1.17. The van der Waals surface area contributed by atoms with E-state index in [-0.39, 0.29) is 24.0 Å². The zero-order valence-electron chi connectivity index (χ0n) is 13.0. The van der Waals surface area contributed by atoms with Crippen LogP contribution in [-0.4, -0.2) is 44.0 Å². The van der Waals surface area contributed by atoms with E-state index in [1.807, 2.05) is 7.05 Å². The van der Waals surface area contributed by atoms with E-state index in [2.05, 4.69) is 15.5 Å². The van der Waals surface area contributed by atoms with Crippen LogP contribution >= 0.6 is 12.4 Å². The Morgan fingerprint density at radius 2 is 2.00 bits per heavy atom. The second kappa shape index (κ2) is 9.77. The summed E-state index contributed by atoms with van der Waals surface area (Å²) in [4.78, 5) is 14.2. The summed E-state index contributed by atoms with van der Waals surface area (Å²) in [5.41, 5.74) is 0.259. The number of rotatable bonds is 6. The monoisotopic (exact) mass is 329 g/mol. The van der Waals surface area contributed by atoms with Crippen LogP contribution in [0.25, 0.3) is 0 Å². The number of anilines is 1. The molecule has 6 heteroatoms. The maximum absolute atomic E-state index is 13.4. The first-order valence-electron chi connectivity index (χ1n) is 7.60. The van der Waals surface area contributed by atoms with Crippen LogP contribution in [0, 0.1) is 11.7 Å². The molecule has 22 heavy (non-hydrogen) atoms. The molecule has 0 bridgehead atoms. The average Bonchev–Trinajstić information content (AvgIpc) is 2.49. The van der Waals surface area contributed by atoms with Gasteiger partial charge in [-0.2, -0.15) is 0 Å². The summed E-state index contributed by atoms with van der Waals surface area (Å²) in [5, 5.41) is 5.85. The number of halogens is 2. The minimum Gasteiger partial charge on any atom is -0.324 e. The minimum atomic E-state index is -0.390. The quantitative estimate of drug-likeness (QED) is 0.843. The van der Waals surface area contributed by atoms with E-state index >= 15 is 0 Å². The fourth-order valence-electron chi connectivity index (χ4n) is 2.74. The highest BCUT2D eigenvalue weighted by Gasteiger charge is 2.19. The molecule has 0 unspecified atom stereocenters. The lowest BCUT2D eigenvalue weighted by Crippen LogP contribution is -2.38. The van der Waals surface area contributed by atoms with Gasteiger partial charge < -0.3 is 15.5 Å². The van der Waals surface area contributed by atoms with E-state index in [1.54, 1.807) is 18.2 Å². The van der Waals surface area contributed by atoms with Crippen LogP contribution in [0.1, 0.15) is 19.3 Å². The van der Waals surface area contributed by atoms with Gasteiger partial charge in [0.05, 0.1) is 5.69 Å². The molecular weight excluding hydrogens is 305 g/mol. The Morgan fingerprint density at radius 3 is 2.64 bits per heavy atom. The Bertz CT molecular complexity index is 464. The van der Waals surface area contributed by atoms with E-state index in [1.165, 1.54) is 18.9 Å². The summed E-state index contributed by atoms with van der Waals surface area (Å²) < 4.78 is 13.4. The van der Waals surface area contributed by atoms with Gasteiger partial charge >= 0.3 is 0 Å². The van der Waals surface area contributed by atoms with Gasteiger partial charge in [-0.15, -0.1) is 12.4 Å². The normalized spacial score (nSPS) is 16.1. The number of carbonyl (C=O) groups is 1. The third kappa shape index (κ3) is 5.91. The highest BCUT2D eigenvalue weighted by molar-refractivity contribution is 5.90. The standard InChI is InChI=1S/C16H24FN3O.ClH/c1-18-12-13-6-9-20(10-7-13)11-8-16(21)19-15-5-3-2-4-14(15)17;/h2-5,13,18H,6-12H2,1H3,(H,19,21);1H. The second-order valence-electron chi connectivity index (χ2n) is 5.62. The largest absolute Gasteiger partial charge is 0.324 e. The molecule has 0 aromatic heterocycles. The van der Waals surface area contributed by atoms with Crippen LogP contribution in [0.5, 0.6) is 0 Å². The fourth-order valence-corrected chi connectivity index (χ4v) is 2.74. The third-order valence-corrected chi connectivity index (χ3v) is 4.00. The number of amides is 1. The van der Waals surface area contributed by atoms with Crippen LogP contribution in [0.3, 0.4) is 0 Å². The Labute approximate surface area is 137 Å². The van der Waals surface area contributed by atoms with E-state index < -0.39 is 5.82 Å². The Balaban J connectivity index is 0.00000242. The Morgan fingerprint density at radius 1 is 1.32 bits per heavy atom. The molecule has 4 nitrogen and oxygen atoms in total. The summed E-state index contributed by atoms with van der Waals surface area (Å²) in [6, 6.07) is 6.25. The molecule has 1 amide bonds. The van der Waals surface area contributed by atoms with Crippen LogP contribution in [0.15, 0.2) is 24.3 Å². The second-order valence-corrected chi connectivity index (χ2v) is 5.62. The van der Waals surface area contributed by atoms with Crippen LogP contribution in [-0.2, 0) is 4.79 Å². The predicted octanol–water partition coefficient (Wildman–Crippen LogP) is 2.51. The SMILES string of the molecule is CNCC1CCN(CCC(=O)Nc2ccccc2F)CC1.Cl. The molecule has 2 N–H and O–H groups in total. The van der Waals surface area contributed by atoms with Gasteiger partial charge in [0.2, 0.25) is 5.91 Å². The number of nitrogens with one attached hydrogen (secondary N) is 2. The number of carbonyl (C=O) groups excluding carboxylic acids is 1. The molecule has 1 saturated heterocycles. The van der Waals surface area contributed by atoms with Crippen LogP contribution in [0.2, 0.25) is 0 Å². The van der Waals surface area contributed by atoms with Crippen molar-refractivity contribution in [2.75, 3.05) is 38.5 Å². The summed E-state index contributed by atoms with van der Waals surface area (Å²) in [6.45, 7) is 3.90. The first-order valence-corrected chi connectivity index (χ1v) is 7.60. The van der Waals surface area contributed by atoms with Gasteiger partial charge in [0, 0.05) is 13.0 Å². The van der Waals surface area contributed by atoms with Crippen molar-refractivity contribution in [3.8, 4) is 0 Å². The van der Waals surface area contributed by atoms with Crippen molar-refractivity contribution in [1.82, 2.24) is 10.2 Å². The smallest absolute Gasteiger partial charge is 0.225 e. The molecule has 1 heterocycles. The van der Waals surface area contributed by atoms with Gasteiger partial charge in [-0.1, -0.05) is 12.1 Å². The van der Waals surface area contributed by atoms with Crippen molar-refractivity contribution in [1.29, 1.82) is 0 Å². The number of nitrogens with zero attached hydrogens (tertiary/aromatic N) is 1. The van der Waals surface area contributed by atoms with E-state index in [0.29, 0.717) is 6.42 Å². The van der Waals surface area contributed by atoms with Crippen molar-refractivity contribution in [3.05, 3.63) is 30.1 Å². The molecule has 0 atom stereocenters. The molecule has 0 spiro atoms. The summed E-state index contributed by atoms with van der Waals surface area (Å²) in [6.07, 6.45) is 2.76. The topological polar surface area (TPSA) is 44.4 Å². The number of piperidine rings is 1. The molecule has 1 fully saturated rings. The van der Waals surface area contributed by atoms with Crippen LogP contribution < -0.4 is 10.6 Å². The molecule has 1 aliphatic rings. The molecule has 1 aromatic carbocycles. The maximum atomic E-state index is 13.4. The first-order chi connectivity index (χ1) is 10.2. The maximum Gasteiger partial charge on any atom is 0.225 e. The molecule has 0 aliphatic carbocycles. The molecule has 124 valence electrons. The molecule has 1 aliphatic heterocycles. The highest BCUT2D eigenvalue weighted by atomic mass is 35.5. The summed E-state index contributed by atoms with van der Waals surface area (Å²) in [5.74, 6) is 0.231. The minimum absolute atomic E-state index is 0. The number of para-hydroxylation sites is 1. The molecule has 2 rings (SSSR count). The average molecular weight is 330 g/mol. The van der Waals surface area contributed by atoms with E-state index in [4.69, 9.17) is 0 Å². The van der Waals surface area contributed by atoms with Gasteiger partial charge in [0.1, 0.15) is 5.82 Å². The fraction of sp³-hybridized carbons (Fsp3) is 0.562. The summed E-state index contributed by atoms with van der Waals surface area (Å²) >= 11 is 0.